The number of morpholine rings is 1. The predicted molar refractivity (Wildman–Crippen MR) is 177 cm³/mol. The molecule has 252 valence electrons. The van der Waals surface area contributed by atoms with Crippen molar-refractivity contribution in [1.82, 2.24) is 54.6 Å². The summed E-state index contributed by atoms with van der Waals surface area (Å²) in [6, 6.07) is 8.42. The normalized spacial score (nSPS) is 19.2. The Kier molecular flexibility index (Phi) is 9.77. The van der Waals surface area contributed by atoms with Crippen LogP contribution in [0, 0.1) is 0 Å². The lowest BCUT2D eigenvalue weighted by atomic mass is 9.90. The van der Waals surface area contributed by atoms with Crippen molar-refractivity contribution >= 4 is 23.2 Å². The van der Waals surface area contributed by atoms with Gasteiger partial charge in [0.25, 0.3) is 5.88 Å². The third kappa shape index (κ3) is 7.58. The van der Waals surface area contributed by atoms with Gasteiger partial charge >= 0.3 is 0 Å². The Hall–Kier alpha value is -4.60. The van der Waals surface area contributed by atoms with Crippen LogP contribution in [-0.2, 0) is 24.9 Å². The van der Waals surface area contributed by atoms with Gasteiger partial charge in [0.2, 0.25) is 5.95 Å². The molecule has 1 N–H and O–H groups in total. The molecule has 15 nitrogen and oxygen atoms in total. The Morgan fingerprint density at radius 3 is 2.56 bits per heavy atom. The molecule has 1 saturated heterocycles. The van der Waals surface area contributed by atoms with Crippen LogP contribution in [0.15, 0.2) is 55.4 Å². The molecule has 2 aliphatic rings. The number of aryl methyl sites for hydroxylation is 1. The maximum absolute atomic E-state index is 6.46. The highest BCUT2D eigenvalue weighted by atomic mass is 35.5. The SMILES string of the molecule is CC(Cn1cnnn1)Oc1cc(-c2cnc(Nc3cn(C4CCC(N5CCOCC5)CC4)nc3OCc3ccnn3C)nc2)ccc1Cl. The summed E-state index contributed by atoms with van der Waals surface area (Å²) in [5, 5.41) is 24.2. The molecule has 0 spiro atoms. The smallest absolute Gasteiger partial charge is 0.257 e. The Balaban J connectivity index is 1.04. The molecule has 1 atom stereocenters. The van der Waals surface area contributed by atoms with E-state index in [-0.39, 0.29) is 12.1 Å². The number of ether oxygens (including phenoxy) is 3. The second kappa shape index (κ2) is 14.7. The topological polar surface area (TPSA) is 148 Å². The fourth-order valence-corrected chi connectivity index (χ4v) is 6.45. The molecule has 0 bridgehead atoms. The minimum absolute atomic E-state index is 0.209. The number of hydrogen-bond donors (Lipinski definition) is 1. The number of aromatic nitrogens is 10. The summed E-state index contributed by atoms with van der Waals surface area (Å²) in [7, 11) is 1.89. The molecule has 16 heteroatoms. The minimum Gasteiger partial charge on any atom is -0.487 e. The van der Waals surface area contributed by atoms with Gasteiger partial charge in [-0.3, -0.25) is 14.3 Å². The average Bonchev–Trinajstić information content (AvgIpc) is 3.88. The van der Waals surface area contributed by atoms with Crippen LogP contribution in [-0.4, -0.2) is 93.1 Å². The molecule has 7 rings (SSSR count). The van der Waals surface area contributed by atoms with Crippen molar-refractivity contribution in [3.63, 3.8) is 0 Å². The fraction of sp³-hybridized carbons (Fsp3) is 0.469. The van der Waals surface area contributed by atoms with E-state index in [0.29, 0.717) is 47.5 Å². The maximum atomic E-state index is 6.46. The van der Waals surface area contributed by atoms with Crippen molar-refractivity contribution in [2.75, 3.05) is 31.6 Å². The van der Waals surface area contributed by atoms with Crippen molar-refractivity contribution in [3.8, 4) is 22.8 Å². The first-order chi connectivity index (χ1) is 23.5. The van der Waals surface area contributed by atoms with E-state index >= 15 is 0 Å². The van der Waals surface area contributed by atoms with E-state index < -0.39 is 0 Å². The lowest BCUT2D eigenvalue weighted by Crippen LogP contribution is -2.45. The number of anilines is 2. The van der Waals surface area contributed by atoms with Crippen molar-refractivity contribution in [1.29, 1.82) is 0 Å². The third-order valence-corrected chi connectivity index (χ3v) is 9.22. The minimum atomic E-state index is -0.209. The van der Waals surface area contributed by atoms with E-state index in [0.717, 1.165) is 68.8 Å². The number of hydrogen-bond acceptors (Lipinski definition) is 12. The molecule has 1 aliphatic carbocycles. The van der Waals surface area contributed by atoms with Gasteiger partial charge in [-0.2, -0.15) is 5.10 Å². The van der Waals surface area contributed by atoms with Crippen LogP contribution >= 0.6 is 11.6 Å². The van der Waals surface area contributed by atoms with Crippen LogP contribution in [0.2, 0.25) is 5.02 Å². The first-order valence-corrected chi connectivity index (χ1v) is 16.6. The largest absolute Gasteiger partial charge is 0.487 e. The van der Waals surface area contributed by atoms with Crippen LogP contribution in [0.4, 0.5) is 11.6 Å². The summed E-state index contributed by atoms with van der Waals surface area (Å²) in [4.78, 5) is 11.8. The molecule has 0 amide bonds. The zero-order valence-corrected chi connectivity index (χ0v) is 27.8. The van der Waals surface area contributed by atoms with Crippen molar-refractivity contribution in [2.45, 2.75) is 63.9 Å². The zero-order chi connectivity index (χ0) is 32.9. The highest BCUT2D eigenvalue weighted by Crippen LogP contribution is 2.35. The van der Waals surface area contributed by atoms with Crippen LogP contribution in [0.5, 0.6) is 11.6 Å². The van der Waals surface area contributed by atoms with Gasteiger partial charge in [-0.15, -0.1) is 10.2 Å². The van der Waals surface area contributed by atoms with Crippen molar-refractivity contribution < 1.29 is 14.2 Å². The summed E-state index contributed by atoms with van der Waals surface area (Å²) < 4.78 is 23.3. The van der Waals surface area contributed by atoms with E-state index in [4.69, 9.17) is 30.9 Å². The molecule has 4 aromatic heterocycles. The van der Waals surface area contributed by atoms with Crippen molar-refractivity contribution in [2.24, 2.45) is 7.05 Å². The van der Waals surface area contributed by atoms with Gasteiger partial charge in [-0.25, -0.2) is 14.6 Å². The number of nitrogens with one attached hydrogen (secondary N) is 1. The van der Waals surface area contributed by atoms with Crippen LogP contribution in [0.25, 0.3) is 11.1 Å². The van der Waals surface area contributed by atoms with Crippen molar-refractivity contribution in [3.05, 3.63) is 66.1 Å². The molecule has 1 unspecified atom stereocenters. The van der Waals surface area contributed by atoms with Gasteiger partial charge in [0, 0.05) is 50.3 Å². The number of nitrogens with zero attached hydrogens (tertiary/aromatic N) is 11. The maximum Gasteiger partial charge on any atom is 0.257 e. The molecule has 0 radical (unpaired) electrons. The second-order valence-electron chi connectivity index (χ2n) is 12.2. The van der Waals surface area contributed by atoms with Crippen LogP contribution in [0.1, 0.15) is 44.3 Å². The molecule has 1 aliphatic heterocycles. The monoisotopic (exact) mass is 674 g/mol. The summed E-state index contributed by atoms with van der Waals surface area (Å²) in [5.41, 5.74) is 3.34. The summed E-state index contributed by atoms with van der Waals surface area (Å²) >= 11 is 6.46. The zero-order valence-electron chi connectivity index (χ0n) is 27.0. The fourth-order valence-electron chi connectivity index (χ4n) is 6.29. The lowest BCUT2D eigenvalue weighted by Gasteiger charge is -2.38. The van der Waals surface area contributed by atoms with Gasteiger partial charge in [-0.1, -0.05) is 17.7 Å². The Bertz CT molecular complexity index is 1760. The summed E-state index contributed by atoms with van der Waals surface area (Å²) in [6.07, 6.45) is 13.0. The van der Waals surface area contributed by atoms with Gasteiger partial charge in [0.05, 0.1) is 42.7 Å². The lowest BCUT2D eigenvalue weighted by molar-refractivity contribution is 0.00502. The highest BCUT2D eigenvalue weighted by molar-refractivity contribution is 6.32. The Morgan fingerprint density at radius 1 is 1.04 bits per heavy atom. The van der Waals surface area contributed by atoms with Crippen LogP contribution in [0.3, 0.4) is 0 Å². The average molecular weight is 675 g/mol. The number of benzene rings is 1. The van der Waals surface area contributed by atoms with E-state index in [1.54, 1.807) is 40.3 Å². The molecule has 2 fully saturated rings. The van der Waals surface area contributed by atoms with Gasteiger partial charge in [0.15, 0.2) is 0 Å². The van der Waals surface area contributed by atoms with Crippen LogP contribution < -0.4 is 14.8 Å². The third-order valence-electron chi connectivity index (χ3n) is 8.91. The number of rotatable bonds is 12. The number of halogens is 1. The molecule has 48 heavy (non-hydrogen) atoms. The van der Waals surface area contributed by atoms with E-state index in [1.165, 1.54) is 0 Å². The Labute approximate surface area is 283 Å². The molecule has 5 heterocycles. The van der Waals surface area contributed by atoms with Gasteiger partial charge < -0.3 is 19.5 Å². The molecular weight excluding hydrogens is 636 g/mol. The van der Waals surface area contributed by atoms with Gasteiger partial charge in [-0.05, 0) is 66.8 Å². The molecular formula is C32H39ClN12O3. The summed E-state index contributed by atoms with van der Waals surface area (Å²) in [5.74, 6) is 1.48. The molecule has 5 aromatic rings. The van der Waals surface area contributed by atoms with Gasteiger partial charge in [0.1, 0.15) is 30.5 Å². The molecule has 1 saturated carbocycles. The summed E-state index contributed by atoms with van der Waals surface area (Å²) in [6.45, 7) is 6.44. The standard InChI is InChI=1S/C32H39ClN12O3/c1-22(18-44-21-36-40-41-44)48-30-15-23(3-8-28(30)33)24-16-34-32(35-17-24)38-29-19-45(39-31(29)47-20-27-9-10-37-42(27)2)26-6-4-25(5-7-26)43-11-13-46-14-12-43/h3,8-10,15-17,19,21-22,25-26H,4-7,11-14,18,20H2,1-2H3,(H,34,35,38). The molecule has 1 aromatic carbocycles. The quantitative estimate of drug-likeness (QED) is 0.201. The van der Waals surface area contributed by atoms with E-state index in [1.807, 2.05) is 43.0 Å². The number of tetrazole rings is 1. The Morgan fingerprint density at radius 2 is 1.83 bits per heavy atom. The second-order valence-corrected chi connectivity index (χ2v) is 12.6. The predicted octanol–water partition coefficient (Wildman–Crippen LogP) is 4.32. The first-order valence-electron chi connectivity index (χ1n) is 16.3. The van der Waals surface area contributed by atoms with E-state index in [9.17, 15) is 0 Å². The highest BCUT2D eigenvalue weighted by Gasteiger charge is 2.29. The van der Waals surface area contributed by atoms with E-state index in [2.05, 4.69) is 40.8 Å². The first kappa shape index (κ1) is 32.0.